The molecule has 1 aromatic heterocycles. The summed E-state index contributed by atoms with van der Waals surface area (Å²) in [5.41, 5.74) is 3.73. The Labute approximate surface area is 113 Å². The molecule has 0 spiro atoms. The number of benzene rings is 1. The SMILES string of the molecule is Cc1nnc(SCc2cccc(C(=O)NN)c2)s1. The van der Waals surface area contributed by atoms with Crippen LogP contribution < -0.4 is 11.3 Å². The molecule has 2 rings (SSSR count). The normalized spacial score (nSPS) is 10.3. The van der Waals surface area contributed by atoms with Crippen molar-refractivity contribution >= 4 is 29.0 Å². The smallest absolute Gasteiger partial charge is 0.265 e. The van der Waals surface area contributed by atoms with E-state index in [0.29, 0.717) is 5.56 Å². The van der Waals surface area contributed by atoms with Crippen molar-refractivity contribution < 1.29 is 4.79 Å². The van der Waals surface area contributed by atoms with Crippen LogP contribution >= 0.6 is 23.1 Å². The fourth-order valence-corrected chi connectivity index (χ4v) is 3.13. The Kier molecular flexibility index (Phi) is 4.29. The minimum atomic E-state index is -0.284. The molecule has 0 aliphatic heterocycles. The lowest BCUT2D eigenvalue weighted by atomic mass is 10.1. The van der Waals surface area contributed by atoms with E-state index in [0.717, 1.165) is 20.7 Å². The third-order valence-electron chi connectivity index (χ3n) is 2.19. The number of nitrogen functional groups attached to an aromatic ring is 1. The molecule has 0 aliphatic rings. The second-order valence-electron chi connectivity index (χ2n) is 3.55. The highest BCUT2D eigenvalue weighted by Gasteiger charge is 2.06. The van der Waals surface area contributed by atoms with Gasteiger partial charge in [0.25, 0.3) is 5.91 Å². The van der Waals surface area contributed by atoms with Crippen molar-refractivity contribution in [2.24, 2.45) is 5.84 Å². The molecule has 7 heteroatoms. The number of carbonyl (C=O) groups excluding carboxylic acids is 1. The number of hydrogen-bond acceptors (Lipinski definition) is 6. The van der Waals surface area contributed by atoms with Gasteiger partial charge in [0.05, 0.1) is 0 Å². The predicted octanol–water partition coefficient (Wildman–Crippen LogP) is 1.74. The van der Waals surface area contributed by atoms with Crippen LogP contribution in [-0.4, -0.2) is 16.1 Å². The highest BCUT2D eigenvalue weighted by Crippen LogP contribution is 2.25. The molecule has 5 nitrogen and oxygen atoms in total. The summed E-state index contributed by atoms with van der Waals surface area (Å²) in [5.74, 6) is 5.57. The highest BCUT2D eigenvalue weighted by atomic mass is 32.2. The molecule has 0 saturated heterocycles. The molecule has 2 aromatic rings. The third-order valence-corrected chi connectivity index (χ3v) is 4.23. The number of rotatable bonds is 4. The largest absolute Gasteiger partial charge is 0.290 e. The second-order valence-corrected chi connectivity index (χ2v) is 5.95. The first-order valence-corrected chi connectivity index (χ1v) is 7.02. The van der Waals surface area contributed by atoms with Crippen LogP contribution in [-0.2, 0) is 5.75 Å². The van der Waals surface area contributed by atoms with Crippen molar-refractivity contribution in [1.29, 1.82) is 0 Å². The lowest BCUT2D eigenvalue weighted by Gasteiger charge is -2.02. The Morgan fingerprint density at radius 3 is 3.00 bits per heavy atom. The van der Waals surface area contributed by atoms with Crippen LogP contribution in [0.4, 0.5) is 0 Å². The van der Waals surface area contributed by atoms with Crippen LogP contribution in [0.3, 0.4) is 0 Å². The first kappa shape index (κ1) is 13.0. The topological polar surface area (TPSA) is 80.9 Å². The van der Waals surface area contributed by atoms with E-state index in [1.54, 1.807) is 29.2 Å². The molecule has 0 radical (unpaired) electrons. The Balaban J connectivity index is 2.03. The molecule has 1 heterocycles. The van der Waals surface area contributed by atoms with E-state index in [2.05, 4.69) is 15.6 Å². The van der Waals surface area contributed by atoms with E-state index in [9.17, 15) is 4.79 Å². The maximum Gasteiger partial charge on any atom is 0.265 e. The zero-order valence-corrected chi connectivity index (χ0v) is 11.3. The summed E-state index contributed by atoms with van der Waals surface area (Å²) in [6, 6.07) is 7.36. The maximum absolute atomic E-state index is 11.4. The molecule has 0 aliphatic carbocycles. The fourth-order valence-electron chi connectivity index (χ4n) is 1.37. The number of nitrogens with two attached hydrogens (primary N) is 1. The fraction of sp³-hybridized carbons (Fsp3) is 0.182. The summed E-state index contributed by atoms with van der Waals surface area (Å²) < 4.78 is 0.932. The van der Waals surface area contributed by atoms with Gasteiger partial charge in [-0.1, -0.05) is 35.2 Å². The molecule has 18 heavy (non-hydrogen) atoms. The van der Waals surface area contributed by atoms with Crippen molar-refractivity contribution in [2.75, 3.05) is 0 Å². The number of amides is 1. The number of aromatic nitrogens is 2. The minimum Gasteiger partial charge on any atom is -0.290 e. The molecule has 3 N–H and O–H groups in total. The highest BCUT2D eigenvalue weighted by molar-refractivity contribution is 8.00. The van der Waals surface area contributed by atoms with Gasteiger partial charge in [-0.05, 0) is 24.6 Å². The number of nitrogens with one attached hydrogen (secondary N) is 1. The van der Waals surface area contributed by atoms with Crippen molar-refractivity contribution in [2.45, 2.75) is 17.0 Å². The van der Waals surface area contributed by atoms with E-state index in [4.69, 9.17) is 5.84 Å². The summed E-state index contributed by atoms with van der Waals surface area (Å²) in [7, 11) is 0. The molecule has 0 bridgehead atoms. The first-order chi connectivity index (χ1) is 8.69. The van der Waals surface area contributed by atoms with Gasteiger partial charge in [0.15, 0.2) is 4.34 Å². The molecular weight excluding hydrogens is 268 g/mol. The third kappa shape index (κ3) is 3.28. The molecular formula is C11H12N4OS2. The van der Waals surface area contributed by atoms with Gasteiger partial charge in [0.2, 0.25) is 0 Å². The van der Waals surface area contributed by atoms with Crippen LogP contribution in [0.25, 0.3) is 0 Å². The number of hydrazine groups is 1. The van der Waals surface area contributed by atoms with Gasteiger partial charge in [-0.15, -0.1) is 10.2 Å². The van der Waals surface area contributed by atoms with Crippen LogP contribution in [0.2, 0.25) is 0 Å². The lowest BCUT2D eigenvalue weighted by Crippen LogP contribution is -2.29. The zero-order chi connectivity index (χ0) is 13.0. The van der Waals surface area contributed by atoms with Gasteiger partial charge in [-0.3, -0.25) is 10.2 Å². The molecule has 0 fully saturated rings. The summed E-state index contributed by atoms with van der Waals surface area (Å²) in [4.78, 5) is 11.4. The van der Waals surface area contributed by atoms with Gasteiger partial charge in [-0.25, -0.2) is 5.84 Å². The number of nitrogens with zero attached hydrogens (tertiary/aromatic N) is 2. The van der Waals surface area contributed by atoms with Gasteiger partial charge in [0.1, 0.15) is 5.01 Å². The predicted molar refractivity (Wildman–Crippen MR) is 72.3 cm³/mol. The molecule has 0 unspecified atom stereocenters. The molecule has 1 aromatic carbocycles. The van der Waals surface area contributed by atoms with E-state index in [-0.39, 0.29) is 5.91 Å². The Morgan fingerprint density at radius 1 is 1.50 bits per heavy atom. The Hall–Kier alpha value is -1.44. The van der Waals surface area contributed by atoms with Gasteiger partial charge in [0, 0.05) is 11.3 Å². The molecule has 94 valence electrons. The summed E-state index contributed by atoms with van der Waals surface area (Å²) in [6.45, 7) is 1.92. The van der Waals surface area contributed by atoms with Crippen molar-refractivity contribution in [3.05, 3.63) is 40.4 Å². The molecule has 0 saturated carbocycles. The van der Waals surface area contributed by atoms with Crippen molar-refractivity contribution in [1.82, 2.24) is 15.6 Å². The van der Waals surface area contributed by atoms with Gasteiger partial charge < -0.3 is 0 Å². The molecule has 1 amide bonds. The average Bonchev–Trinajstić information content (AvgIpc) is 2.81. The van der Waals surface area contributed by atoms with Crippen LogP contribution in [0.5, 0.6) is 0 Å². The standard InChI is InChI=1S/C11H12N4OS2/c1-7-14-15-11(18-7)17-6-8-3-2-4-9(5-8)10(16)13-12/h2-5H,6,12H2,1H3,(H,13,16). The van der Waals surface area contributed by atoms with Crippen LogP contribution in [0.1, 0.15) is 20.9 Å². The minimum absolute atomic E-state index is 0.284. The monoisotopic (exact) mass is 280 g/mol. The van der Waals surface area contributed by atoms with E-state index in [1.165, 1.54) is 0 Å². The quantitative estimate of drug-likeness (QED) is 0.386. The maximum atomic E-state index is 11.4. The van der Waals surface area contributed by atoms with Crippen LogP contribution in [0.15, 0.2) is 28.6 Å². The Bertz CT molecular complexity index is 555. The number of carbonyl (C=O) groups is 1. The number of aryl methyl sites for hydroxylation is 1. The van der Waals surface area contributed by atoms with Gasteiger partial charge >= 0.3 is 0 Å². The Morgan fingerprint density at radius 2 is 2.33 bits per heavy atom. The van der Waals surface area contributed by atoms with Crippen LogP contribution in [0, 0.1) is 6.92 Å². The second kappa shape index (κ2) is 5.94. The lowest BCUT2D eigenvalue weighted by molar-refractivity contribution is 0.0953. The van der Waals surface area contributed by atoms with E-state index >= 15 is 0 Å². The average molecular weight is 280 g/mol. The first-order valence-electron chi connectivity index (χ1n) is 5.22. The van der Waals surface area contributed by atoms with E-state index in [1.807, 2.05) is 25.1 Å². The molecule has 0 atom stereocenters. The summed E-state index contributed by atoms with van der Waals surface area (Å²) in [6.07, 6.45) is 0. The summed E-state index contributed by atoms with van der Waals surface area (Å²) in [5, 5.41) is 8.94. The van der Waals surface area contributed by atoms with Gasteiger partial charge in [-0.2, -0.15) is 0 Å². The van der Waals surface area contributed by atoms with Crippen molar-refractivity contribution in [3.63, 3.8) is 0 Å². The zero-order valence-electron chi connectivity index (χ0n) is 9.71. The van der Waals surface area contributed by atoms with Crippen molar-refractivity contribution in [3.8, 4) is 0 Å². The summed E-state index contributed by atoms with van der Waals surface area (Å²) >= 11 is 3.17. The number of thioether (sulfide) groups is 1. The van der Waals surface area contributed by atoms with E-state index < -0.39 is 0 Å². The number of hydrogen-bond donors (Lipinski definition) is 2.